The molecule has 0 saturated heterocycles. The summed E-state index contributed by atoms with van der Waals surface area (Å²) in [6.45, 7) is 2.30. The molecule has 0 aromatic carbocycles. The maximum absolute atomic E-state index is 11.5. The molecular formula is C9H13N3O3S. The molecule has 0 aliphatic carbocycles. The van der Waals surface area contributed by atoms with Gasteiger partial charge in [0.05, 0.1) is 10.5 Å². The summed E-state index contributed by atoms with van der Waals surface area (Å²) in [5.41, 5.74) is 5.94. The standard InChI is InChI=1S/C9H13N3O3S/c1-2-7(10)4-11-9(13)6-3-8(12(14)15)16-5-6/h3,5,7H,2,4,10H2,1H3,(H,11,13). The van der Waals surface area contributed by atoms with Gasteiger partial charge in [-0.2, -0.15) is 0 Å². The van der Waals surface area contributed by atoms with Gasteiger partial charge < -0.3 is 11.1 Å². The van der Waals surface area contributed by atoms with Crippen LogP contribution in [0.4, 0.5) is 5.00 Å². The van der Waals surface area contributed by atoms with Crippen molar-refractivity contribution in [2.24, 2.45) is 5.73 Å². The molecule has 0 saturated carbocycles. The van der Waals surface area contributed by atoms with Crippen LogP contribution in [0.25, 0.3) is 0 Å². The summed E-state index contributed by atoms with van der Waals surface area (Å²) in [4.78, 5) is 21.4. The first-order valence-corrected chi connectivity index (χ1v) is 5.69. The second-order valence-corrected chi connectivity index (χ2v) is 4.20. The highest BCUT2D eigenvalue weighted by Gasteiger charge is 2.14. The van der Waals surface area contributed by atoms with E-state index in [4.69, 9.17) is 5.73 Å². The molecule has 0 aliphatic heterocycles. The average Bonchev–Trinajstić information content (AvgIpc) is 2.74. The molecule has 1 aromatic rings. The van der Waals surface area contributed by atoms with Gasteiger partial charge in [0.2, 0.25) is 0 Å². The normalized spacial score (nSPS) is 12.1. The van der Waals surface area contributed by atoms with Crippen molar-refractivity contribution in [1.29, 1.82) is 0 Å². The molecule has 6 nitrogen and oxygen atoms in total. The lowest BCUT2D eigenvalue weighted by molar-refractivity contribution is -0.380. The Hall–Kier alpha value is -1.47. The Labute approximate surface area is 96.6 Å². The number of nitro groups is 1. The minimum absolute atomic E-state index is 0.0371. The molecule has 1 rings (SSSR count). The van der Waals surface area contributed by atoms with Crippen LogP contribution in [0.15, 0.2) is 11.4 Å². The molecule has 3 N–H and O–H groups in total. The fourth-order valence-corrected chi connectivity index (χ4v) is 1.71. The van der Waals surface area contributed by atoms with E-state index >= 15 is 0 Å². The molecule has 0 bridgehead atoms. The van der Waals surface area contributed by atoms with Gasteiger partial charge in [0.15, 0.2) is 0 Å². The van der Waals surface area contributed by atoms with E-state index in [1.165, 1.54) is 11.4 Å². The second-order valence-electron chi connectivity index (χ2n) is 3.31. The zero-order chi connectivity index (χ0) is 12.1. The summed E-state index contributed by atoms with van der Waals surface area (Å²) in [5.74, 6) is -0.326. The molecule has 1 atom stereocenters. The first kappa shape index (κ1) is 12.6. The van der Waals surface area contributed by atoms with E-state index in [1.807, 2.05) is 6.92 Å². The number of rotatable bonds is 5. The highest BCUT2D eigenvalue weighted by Crippen LogP contribution is 2.22. The van der Waals surface area contributed by atoms with Crippen LogP contribution < -0.4 is 11.1 Å². The van der Waals surface area contributed by atoms with E-state index in [2.05, 4.69) is 5.32 Å². The molecule has 1 heterocycles. The van der Waals surface area contributed by atoms with Crippen molar-refractivity contribution in [3.8, 4) is 0 Å². The van der Waals surface area contributed by atoms with Gasteiger partial charge in [-0.25, -0.2) is 0 Å². The number of carbonyl (C=O) groups is 1. The monoisotopic (exact) mass is 243 g/mol. The van der Waals surface area contributed by atoms with E-state index in [1.54, 1.807) is 0 Å². The van der Waals surface area contributed by atoms with Crippen molar-refractivity contribution in [3.63, 3.8) is 0 Å². The predicted octanol–water partition coefficient (Wildman–Crippen LogP) is 1.12. The number of nitrogens with one attached hydrogen (secondary N) is 1. The summed E-state index contributed by atoms with van der Waals surface area (Å²) >= 11 is 0.935. The third kappa shape index (κ3) is 3.28. The Morgan fingerprint density at radius 3 is 2.94 bits per heavy atom. The SMILES string of the molecule is CCC(N)CNC(=O)c1csc([N+](=O)[O-])c1. The largest absolute Gasteiger partial charge is 0.350 e. The van der Waals surface area contributed by atoms with Crippen molar-refractivity contribution >= 4 is 22.2 Å². The summed E-state index contributed by atoms with van der Waals surface area (Å²) < 4.78 is 0. The van der Waals surface area contributed by atoms with Gasteiger partial charge in [0.1, 0.15) is 0 Å². The molecule has 88 valence electrons. The third-order valence-corrected chi connectivity index (χ3v) is 2.96. The molecule has 0 fully saturated rings. The van der Waals surface area contributed by atoms with Crippen LogP contribution in [0.5, 0.6) is 0 Å². The molecule has 1 unspecified atom stereocenters. The molecule has 1 amide bonds. The predicted molar refractivity (Wildman–Crippen MR) is 61.6 cm³/mol. The number of amides is 1. The van der Waals surface area contributed by atoms with Crippen LogP contribution >= 0.6 is 11.3 Å². The quantitative estimate of drug-likeness (QED) is 0.598. The first-order chi connectivity index (χ1) is 7.54. The Bertz CT molecular complexity index is 391. The number of carbonyl (C=O) groups excluding carboxylic acids is 1. The number of nitrogens with zero attached hydrogens (tertiary/aromatic N) is 1. The second kappa shape index (κ2) is 5.57. The van der Waals surface area contributed by atoms with E-state index in [9.17, 15) is 14.9 Å². The minimum atomic E-state index is -0.515. The first-order valence-electron chi connectivity index (χ1n) is 4.81. The highest BCUT2D eigenvalue weighted by molar-refractivity contribution is 7.13. The van der Waals surface area contributed by atoms with Crippen LogP contribution in [0.3, 0.4) is 0 Å². The lowest BCUT2D eigenvalue weighted by Gasteiger charge is -2.08. The fourth-order valence-electron chi connectivity index (χ4n) is 1.01. The zero-order valence-electron chi connectivity index (χ0n) is 8.80. The van der Waals surface area contributed by atoms with Gasteiger partial charge in [-0.15, -0.1) is 0 Å². The molecule has 0 aliphatic rings. The Kier molecular flexibility index (Phi) is 4.39. The van der Waals surface area contributed by atoms with Crippen molar-refractivity contribution in [2.75, 3.05) is 6.54 Å². The van der Waals surface area contributed by atoms with Gasteiger partial charge in [0.25, 0.3) is 5.91 Å². The molecular weight excluding hydrogens is 230 g/mol. The molecule has 16 heavy (non-hydrogen) atoms. The van der Waals surface area contributed by atoms with Gasteiger partial charge in [-0.3, -0.25) is 14.9 Å². The van der Waals surface area contributed by atoms with Crippen LogP contribution in [-0.4, -0.2) is 23.4 Å². The maximum atomic E-state index is 11.5. The van der Waals surface area contributed by atoms with Gasteiger partial charge in [-0.1, -0.05) is 18.3 Å². The van der Waals surface area contributed by atoms with E-state index in [0.717, 1.165) is 17.8 Å². The highest BCUT2D eigenvalue weighted by atomic mass is 32.1. The smallest absolute Gasteiger partial charge is 0.324 e. The van der Waals surface area contributed by atoms with E-state index < -0.39 is 4.92 Å². The molecule has 7 heteroatoms. The topological polar surface area (TPSA) is 98.3 Å². The summed E-state index contributed by atoms with van der Waals surface area (Å²) in [7, 11) is 0. The Morgan fingerprint density at radius 2 is 2.44 bits per heavy atom. The summed E-state index contributed by atoms with van der Waals surface area (Å²) in [6.07, 6.45) is 0.768. The third-order valence-electron chi connectivity index (χ3n) is 2.08. The summed E-state index contributed by atoms with van der Waals surface area (Å²) in [5, 5.41) is 14.5. The molecule has 0 spiro atoms. The number of hydrogen-bond acceptors (Lipinski definition) is 5. The molecule has 1 aromatic heterocycles. The number of nitrogens with two attached hydrogens (primary N) is 1. The van der Waals surface area contributed by atoms with Crippen LogP contribution in [0.1, 0.15) is 23.7 Å². The van der Waals surface area contributed by atoms with Crippen LogP contribution in [-0.2, 0) is 0 Å². The van der Waals surface area contributed by atoms with E-state index in [-0.39, 0.29) is 17.0 Å². The Balaban J connectivity index is 2.56. The van der Waals surface area contributed by atoms with Crippen molar-refractivity contribution in [2.45, 2.75) is 19.4 Å². The van der Waals surface area contributed by atoms with E-state index in [0.29, 0.717) is 12.1 Å². The van der Waals surface area contributed by atoms with Gasteiger partial charge in [-0.05, 0) is 6.42 Å². The van der Waals surface area contributed by atoms with Crippen molar-refractivity contribution < 1.29 is 9.72 Å². The summed E-state index contributed by atoms with van der Waals surface area (Å²) in [6, 6.07) is 1.18. The number of thiophene rings is 1. The fraction of sp³-hybridized carbons (Fsp3) is 0.444. The number of hydrogen-bond donors (Lipinski definition) is 2. The van der Waals surface area contributed by atoms with Crippen molar-refractivity contribution in [3.05, 3.63) is 27.1 Å². The van der Waals surface area contributed by atoms with Crippen LogP contribution in [0.2, 0.25) is 0 Å². The minimum Gasteiger partial charge on any atom is -0.350 e. The van der Waals surface area contributed by atoms with Gasteiger partial charge in [0, 0.05) is 24.0 Å². The average molecular weight is 243 g/mol. The zero-order valence-corrected chi connectivity index (χ0v) is 9.62. The lowest BCUT2D eigenvalue weighted by Crippen LogP contribution is -2.36. The van der Waals surface area contributed by atoms with Crippen molar-refractivity contribution in [1.82, 2.24) is 5.32 Å². The molecule has 0 radical (unpaired) electrons. The van der Waals surface area contributed by atoms with Gasteiger partial charge >= 0.3 is 5.00 Å². The lowest BCUT2D eigenvalue weighted by atomic mass is 10.2. The maximum Gasteiger partial charge on any atom is 0.324 e. The Morgan fingerprint density at radius 1 is 1.75 bits per heavy atom. The van der Waals surface area contributed by atoms with Crippen LogP contribution in [0, 0.1) is 10.1 Å².